The molecule has 2 aliphatic rings. The zero-order valence-electron chi connectivity index (χ0n) is 45.4. The second kappa shape index (κ2) is 44.6. The molecule has 0 aliphatic carbocycles. The van der Waals surface area contributed by atoms with Crippen LogP contribution in [-0.2, 0) is 38.0 Å². The van der Waals surface area contributed by atoms with Crippen molar-refractivity contribution < 1.29 is 73.8 Å². The average molecular weight is 1030 g/mol. The molecule has 2 saturated heterocycles. The summed E-state index contributed by atoms with van der Waals surface area (Å²) in [6, 6.07) is 0. The molecule has 426 valence electrons. The van der Waals surface area contributed by atoms with E-state index in [4.69, 9.17) is 28.4 Å². The number of rotatable bonds is 48. The summed E-state index contributed by atoms with van der Waals surface area (Å²) < 4.78 is 33.7. The molecule has 7 N–H and O–H groups in total. The Morgan fingerprint density at radius 2 is 0.708 bits per heavy atom. The molecule has 0 aromatic rings. The molecule has 2 rings (SSSR count). The number of hydrogen-bond donors (Lipinski definition) is 7. The van der Waals surface area contributed by atoms with Crippen LogP contribution in [0.3, 0.4) is 0 Å². The molecule has 0 aromatic heterocycles. The van der Waals surface area contributed by atoms with Gasteiger partial charge >= 0.3 is 11.9 Å². The summed E-state index contributed by atoms with van der Waals surface area (Å²) >= 11 is 0. The third-order valence-corrected chi connectivity index (χ3v) is 14.6. The highest BCUT2D eigenvalue weighted by molar-refractivity contribution is 5.70. The monoisotopic (exact) mass is 1030 g/mol. The highest BCUT2D eigenvalue weighted by Gasteiger charge is 2.47. The first-order valence-corrected chi connectivity index (χ1v) is 29.6. The van der Waals surface area contributed by atoms with Crippen molar-refractivity contribution in [2.24, 2.45) is 0 Å². The molecule has 2 heterocycles. The van der Waals surface area contributed by atoms with Crippen LogP contribution in [0.15, 0.2) is 0 Å². The van der Waals surface area contributed by atoms with Crippen LogP contribution in [0.25, 0.3) is 0 Å². The Balaban J connectivity index is 1.74. The smallest absolute Gasteiger partial charge is 0.306 e. The van der Waals surface area contributed by atoms with Gasteiger partial charge in [0.15, 0.2) is 18.7 Å². The second-order valence-electron chi connectivity index (χ2n) is 21.2. The maximum atomic E-state index is 13.1. The van der Waals surface area contributed by atoms with Gasteiger partial charge in [-0.1, -0.05) is 232 Å². The van der Waals surface area contributed by atoms with Crippen LogP contribution in [0.2, 0.25) is 0 Å². The van der Waals surface area contributed by atoms with E-state index < -0.39 is 92.7 Å². The van der Waals surface area contributed by atoms with Gasteiger partial charge in [0.2, 0.25) is 0 Å². The molecule has 15 heteroatoms. The van der Waals surface area contributed by atoms with Crippen molar-refractivity contribution in [1.82, 2.24) is 0 Å². The van der Waals surface area contributed by atoms with Crippen molar-refractivity contribution in [2.45, 2.75) is 325 Å². The maximum absolute atomic E-state index is 13.1. The van der Waals surface area contributed by atoms with Crippen molar-refractivity contribution in [3.8, 4) is 0 Å². The summed E-state index contributed by atoms with van der Waals surface area (Å²) in [6.07, 6.45) is 28.3. The average Bonchev–Trinajstić information content (AvgIpc) is 3.37. The summed E-state index contributed by atoms with van der Waals surface area (Å²) in [5.41, 5.74) is 0. The molecular weight excluding hydrogens is 925 g/mol. The van der Waals surface area contributed by atoms with E-state index in [0.717, 1.165) is 38.5 Å². The van der Waals surface area contributed by atoms with Gasteiger partial charge in [0.25, 0.3) is 0 Å². The summed E-state index contributed by atoms with van der Waals surface area (Å²) in [6.45, 7) is 2.66. The number of ether oxygens (including phenoxy) is 6. The lowest BCUT2D eigenvalue weighted by Gasteiger charge is -2.42. The molecule has 11 unspecified atom stereocenters. The molecule has 2 fully saturated rings. The highest BCUT2D eigenvalue weighted by atomic mass is 16.7. The number of esters is 2. The molecule has 0 radical (unpaired) electrons. The van der Waals surface area contributed by atoms with Crippen molar-refractivity contribution in [3.05, 3.63) is 0 Å². The Morgan fingerprint density at radius 3 is 1.08 bits per heavy atom. The van der Waals surface area contributed by atoms with Crippen LogP contribution < -0.4 is 0 Å². The van der Waals surface area contributed by atoms with E-state index in [-0.39, 0.29) is 26.1 Å². The number of aliphatic hydroxyl groups excluding tert-OH is 7. The van der Waals surface area contributed by atoms with Gasteiger partial charge in [-0.25, -0.2) is 0 Å². The Labute approximate surface area is 436 Å². The molecule has 0 aromatic carbocycles. The SMILES string of the molecule is CCCCCCCCCCCCCCCCCCCCC(=O)OCC(COC1OC(COC2OC(CO)C(O)C(O)C2O)C(O)C(O)C1O)OC(=O)CCCCCCCCCCCCCCCCCCCC. The van der Waals surface area contributed by atoms with Gasteiger partial charge in [-0.2, -0.15) is 0 Å². The van der Waals surface area contributed by atoms with Crippen LogP contribution in [0.5, 0.6) is 0 Å². The third-order valence-electron chi connectivity index (χ3n) is 14.6. The number of aliphatic hydroxyl groups is 7. The van der Waals surface area contributed by atoms with Crippen molar-refractivity contribution in [2.75, 3.05) is 26.4 Å². The van der Waals surface area contributed by atoms with E-state index in [1.807, 2.05) is 0 Å². The van der Waals surface area contributed by atoms with Crippen LogP contribution >= 0.6 is 0 Å². The maximum Gasteiger partial charge on any atom is 0.306 e. The fourth-order valence-electron chi connectivity index (χ4n) is 9.75. The summed E-state index contributed by atoms with van der Waals surface area (Å²) in [7, 11) is 0. The fraction of sp³-hybridized carbons (Fsp3) is 0.965. The zero-order valence-corrected chi connectivity index (χ0v) is 45.4. The third kappa shape index (κ3) is 31.5. The van der Waals surface area contributed by atoms with Crippen molar-refractivity contribution in [1.29, 1.82) is 0 Å². The standard InChI is InChI=1S/C57H108O15/c1-3-5-7-9-11-13-15-17-19-21-23-25-27-29-31-33-35-37-39-48(59)67-42-45(70-49(60)40-38-36-34-32-30-28-26-24-22-20-18-16-14-12-10-8-6-4-2)43-68-56-55(66)53(64)51(62)47(72-56)44-69-57-54(65)52(63)50(61)46(41-58)71-57/h45-47,50-58,61-66H,3-44H2,1-2H3. The summed E-state index contributed by atoms with van der Waals surface area (Å²) in [4.78, 5) is 25.9. The molecular formula is C57H108O15. The van der Waals surface area contributed by atoms with Gasteiger partial charge in [0.05, 0.1) is 19.8 Å². The predicted octanol–water partition coefficient (Wildman–Crippen LogP) is 9.95. The lowest BCUT2D eigenvalue weighted by molar-refractivity contribution is -0.332. The van der Waals surface area contributed by atoms with Crippen LogP contribution in [0.1, 0.15) is 258 Å². The number of hydrogen-bond acceptors (Lipinski definition) is 15. The van der Waals surface area contributed by atoms with E-state index >= 15 is 0 Å². The predicted molar refractivity (Wildman–Crippen MR) is 280 cm³/mol. The van der Waals surface area contributed by atoms with Gasteiger partial charge in [-0.3, -0.25) is 9.59 Å². The second-order valence-corrected chi connectivity index (χ2v) is 21.2. The van der Waals surface area contributed by atoms with Crippen LogP contribution in [-0.4, -0.2) is 142 Å². The van der Waals surface area contributed by atoms with E-state index in [2.05, 4.69) is 13.8 Å². The number of carbonyl (C=O) groups is 2. The Morgan fingerprint density at radius 1 is 0.389 bits per heavy atom. The topological polar surface area (TPSA) is 231 Å². The van der Waals surface area contributed by atoms with Crippen LogP contribution in [0, 0.1) is 0 Å². The quantitative estimate of drug-likeness (QED) is 0.0222. The molecule has 15 nitrogen and oxygen atoms in total. The van der Waals surface area contributed by atoms with E-state index in [0.29, 0.717) is 12.8 Å². The van der Waals surface area contributed by atoms with Gasteiger partial charge < -0.3 is 64.2 Å². The lowest BCUT2D eigenvalue weighted by atomic mass is 9.98. The molecule has 0 amide bonds. The minimum atomic E-state index is -1.76. The minimum Gasteiger partial charge on any atom is -0.462 e. The van der Waals surface area contributed by atoms with Crippen molar-refractivity contribution >= 4 is 11.9 Å². The minimum absolute atomic E-state index is 0.174. The summed E-state index contributed by atoms with van der Waals surface area (Å²) in [5.74, 6) is -0.903. The largest absolute Gasteiger partial charge is 0.462 e. The fourth-order valence-corrected chi connectivity index (χ4v) is 9.75. The first kappa shape index (κ1) is 66.6. The Bertz CT molecular complexity index is 1260. The first-order chi connectivity index (χ1) is 35.0. The Hall–Kier alpha value is -1.50. The molecule has 72 heavy (non-hydrogen) atoms. The lowest BCUT2D eigenvalue weighted by Crippen LogP contribution is -2.61. The van der Waals surface area contributed by atoms with Crippen molar-refractivity contribution in [3.63, 3.8) is 0 Å². The molecule has 11 atom stereocenters. The van der Waals surface area contributed by atoms with E-state index in [1.54, 1.807) is 0 Å². The number of unbranched alkanes of at least 4 members (excludes halogenated alkanes) is 34. The van der Waals surface area contributed by atoms with Gasteiger partial charge in [-0.05, 0) is 12.8 Å². The van der Waals surface area contributed by atoms with Crippen LogP contribution in [0.4, 0.5) is 0 Å². The molecule has 0 bridgehead atoms. The Kier molecular flexibility index (Phi) is 41.3. The van der Waals surface area contributed by atoms with Gasteiger partial charge in [0.1, 0.15) is 55.4 Å². The highest BCUT2D eigenvalue weighted by Crippen LogP contribution is 2.27. The van der Waals surface area contributed by atoms with Gasteiger partial charge in [0, 0.05) is 12.8 Å². The van der Waals surface area contributed by atoms with E-state index in [9.17, 15) is 45.3 Å². The first-order valence-electron chi connectivity index (χ1n) is 29.6. The number of carbonyl (C=O) groups excluding carboxylic acids is 2. The molecule has 2 aliphatic heterocycles. The molecule has 0 saturated carbocycles. The van der Waals surface area contributed by atoms with Gasteiger partial charge in [-0.15, -0.1) is 0 Å². The molecule has 0 spiro atoms. The summed E-state index contributed by atoms with van der Waals surface area (Å²) in [5, 5.41) is 72.3. The normalized spacial score (nSPS) is 24.9. The van der Waals surface area contributed by atoms with E-state index in [1.165, 1.54) is 180 Å². The zero-order chi connectivity index (χ0) is 52.4.